The van der Waals surface area contributed by atoms with Gasteiger partial charge in [0.1, 0.15) is 13.2 Å². The maximum Gasteiger partial charge on any atom is 0.410 e. The molecule has 2 rings (SSSR count). The minimum atomic E-state index is -0.413. The number of aryl methyl sites for hydroxylation is 1. The molecule has 2 heterocycles. The van der Waals surface area contributed by atoms with Gasteiger partial charge in [0.05, 0.1) is 6.54 Å². The number of aromatic nitrogens is 1. The fraction of sp³-hybridized carbons (Fsp3) is 0.462. The summed E-state index contributed by atoms with van der Waals surface area (Å²) in [5.41, 5.74) is 1.01. The standard InChI is InChI=1S/C13H17N3O3/c17-12(10-16-8-9-19-13(16)18)15-7-3-5-11-4-1-2-6-14-11/h1-2,4,6H,3,5,7-10H2,(H,15,17). The second-order valence-corrected chi connectivity index (χ2v) is 4.31. The topological polar surface area (TPSA) is 71.5 Å². The molecule has 1 aliphatic rings. The molecule has 1 fully saturated rings. The highest BCUT2D eigenvalue weighted by Gasteiger charge is 2.23. The molecule has 0 aliphatic carbocycles. The highest BCUT2D eigenvalue weighted by molar-refractivity contribution is 5.82. The van der Waals surface area contributed by atoms with Crippen molar-refractivity contribution in [3.63, 3.8) is 0 Å². The molecule has 0 bridgehead atoms. The highest BCUT2D eigenvalue weighted by Crippen LogP contribution is 2.02. The molecular weight excluding hydrogens is 246 g/mol. The van der Waals surface area contributed by atoms with Crippen LogP contribution in [0.1, 0.15) is 12.1 Å². The molecule has 1 N–H and O–H groups in total. The van der Waals surface area contributed by atoms with Gasteiger partial charge in [0.2, 0.25) is 5.91 Å². The van der Waals surface area contributed by atoms with E-state index in [-0.39, 0.29) is 12.5 Å². The van der Waals surface area contributed by atoms with Crippen LogP contribution in [0.4, 0.5) is 4.79 Å². The Kier molecular flexibility index (Phi) is 4.72. The van der Waals surface area contributed by atoms with E-state index < -0.39 is 6.09 Å². The molecule has 1 aromatic rings. The van der Waals surface area contributed by atoms with Crippen molar-refractivity contribution in [2.75, 3.05) is 26.2 Å². The first-order valence-corrected chi connectivity index (χ1v) is 6.34. The van der Waals surface area contributed by atoms with Crippen LogP contribution in [-0.4, -0.2) is 48.1 Å². The molecule has 19 heavy (non-hydrogen) atoms. The van der Waals surface area contributed by atoms with Crippen molar-refractivity contribution >= 4 is 12.0 Å². The average Bonchev–Trinajstić information content (AvgIpc) is 2.82. The van der Waals surface area contributed by atoms with Crippen LogP contribution in [0.25, 0.3) is 0 Å². The first kappa shape index (κ1) is 13.3. The largest absolute Gasteiger partial charge is 0.448 e. The third-order valence-electron chi connectivity index (χ3n) is 2.84. The van der Waals surface area contributed by atoms with Gasteiger partial charge in [-0.3, -0.25) is 14.7 Å². The quantitative estimate of drug-likeness (QED) is 0.762. The number of cyclic esters (lactones) is 1. The Morgan fingerprint density at radius 3 is 3.05 bits per heavy atom. The molecule has 0 spiro atoms. The van der Waals surface area contributed by atoms with Crippen LogP contribution in [-0.2, 0) is 16.0 Å². The Morgan fingerprint density at radius 2 is 2.37 bits per heavy atom. The Labute approximate surface area is 111 Å². The molecule has 1 saturated heterocycles. The number of nitrogens with one attached hydrogen (secondary N) is 1. The number of pyridine rings is 1. The number of nitrogens with zero attached hydrogens (tertiary/aromatic N) is 2. The highest BCUT2D eigenvalue weighted by atomic mass is 16.6. The summed E-state index contributed by atoms with van der Waals surface area (Å²) in [5.74, 6) is -0.153. The minimum absolute atomic E-state index is 0.0718. The molecule has 6 nitrogen and oxygen atoms in total. The Morgan fingerprint density at radius 1 is 1.47 bits per heavy atom. The molecule has 6 heteroatoms. The smallest absolute Gasteiger partial charge is 0.410 e. The van der Waals surface area contributed by atoms with Crippen molar-refractivity contribution in [2.45, 2.75) is 12.8 Å². The maximum atomic E-state index is 11.6. The molecule has 1 aliphatic heterocycles. The fourth-order valence-corrected chi connectivity index (χ4v) is 1.84. The summed E-state index contributed by atoms with van der Waals surface area (Å²) in [6.45, 7) is 1.51. The van der Waals surface area contributed by atoms with E-state index >= 15 is 0 Å². The van der Waals surface area contributed by atoms with E-state index in [1.54, 1.807) is 6.20 Å². The number of carbonyl (C=O) groups excluding carboxylic acids is 2. The van der Waals surface area contributed by atoms with Gasteiger partial charge in [-0.05, 0) is 25.0 Å². The first-order chi connectivity index (χ1) is 9.25. The predicted molar refractivity (Wildman–Crippen MR) is 68.5 cm³/mol. The Balaban J connectivity index is 1.60. The minimum Gasteiger partial charge on any atom is -0.448 e. The van der Waals surface area contributed by atoms with Crippen LogP contribution < -0.4 is 5.32 Å². The lowest BCUT2D eigenvalue weighted by Crippen LogP contribution is -2.38. The third kappa shape index (κ3) is 4.24. The van der Waals surface area contributed by atoms with E-state index in [9.17, 15) is 9.59 Å². The van der Waals surface area contributed by atoms with E-state index in [4.69, 9.17) is 4.74 Å². The number of ether oxygens (including phenoxy) is 1. The lowest BCUT2D eigenvalue weighted by atomic mass is 10.2. The number of amides is 2. The molecular formula is C13H17N3O3. The summed E-state index contributed by atoms with van der Waals surface area (Å²) < 4.78 is 4.75. The first-order valence-electron chi connectivity index (χ1n) is 6.34. The lowest BCUT2D eigenvalue weighted by molar-refractivity contribution is -0.121. The summed E-state index contributed by atoms with van der Waals surface area (Å²) in [4.78, 5) is 28.3. The summed E-state index contributed by atoms with van der Waals surface area (Å²) >= 11 is 0. The van der Waals surface area contributed by atoms with Gasteiger partial charge in [-0.15, -0.1) is 0 Å². The molecule has 0 unspecified atom stereocenters. The SMILES string of the molecule is O=C(CN1CCOC1=O)NCCCc1ccccn1. The van der Waals surface area contributed by atoms with Crippen molar-refractivity contribution < 1.29 is 14.3 Å². The summed E-state index contributed by atoms with van der Waals surface area (Å²) in [6.07, 6.45) is 3.00. The van der Waals surface area contributed by atoms with Gasteiger partial charge >= 0.3 is 6.09 Å². The molecule has 0 saturated carbocycles. The zero-order valence-electron chi connectivity index (χ0n) is 10.7. The van der Waals surface area contributed by atoms with Gasteiger partial charge in [-0.1, -0.05) is 6.07 Å². The van der Waals surface area contributed by atoms with Gasteiger partial charge in [0, 0.05) is 18.4 Å². The molecule has 1 aromatic heterocycles. The number of hydrogen-bond donors (Lipinski definition) is 1. The van der Waals surface area contributed by atoms with Gasteiger partial charge < -0.3 is 10.1 Å². The van der Waals surface area contributed by atoms with Crippen LogP contribution in [0.5, 0.6) is 0 Å². The third-order valence-corrected chi connectivity index (χ3v) is 2.84. The van der Waals surface area contributed by atoms with Gasteiger partial charge in [0.15, 0.2) is 0 Å². The normalized spacial score (nSPS) is 14.3. The summed E-state index contributed by atoms with van der Waals surface area (Å²) in [7, 11) is 0. The van der Waals surface area contributed by atoms with Crippen LogP contribution >= 0.6 is 0 Å². The van der Waals surface area contributed by atoms with E-state index in [2.05, 4.69) is 10.3 Å². The van der Waals surface area contributed by atoms with E-state index in [0.717, 1.165) is 18.5 Å². The van der Waals surface area contributed by atoms with Crippen molar-refractivity contribution in [1.29, 1.82) is 0 Å². The number of hydrogen-bond acceptors (Lipinski definition) is 4. The molecule has 2 amide bonds. The monoisotopic (exact) mass is 263 g/mol. The van der Waals surface area contributed by atoms with E-state index in [0.29, 0.717) is 19.7 Å². The molecule has 0 radical (unpaired) electrons. The molecule has 0 atom stereocenters. The zero-order chi connectivity index (χ0) is 13.5. The summed E-state index contributed by atoms with van der Waals surface area (Å²) in [5, 5.41) is 2.78. The van der Waals surface area contributed by atoms with E-state index in [1.165, 1.54) is 4.90 Å². The average molecular weight is 263 g/mol. The summed E-state index contributed by atoms with van der Waals surface area (Å²) in [6, 6.07) is 5.78. The predicted octanol–water partition coefficient (Wildman–Crippen LogP) is 0.583. The lowest BCUT2D eigenvalue weighted by Gasteiger charge is -2.12. The fourth-order valence-electron chi connectivity index (χ4n) is 1.84. The van der Waals surface area contributed by atoms with Crippen molar-refractivity contribution in [1.82, 2.24) is 15.2 Å². The molecule has 102 valence electrons. The second kappa shape index (κ2) is 6.72. The van der Waals surface area contributed by atoms with Crippen LogP contribution in [0, 0.1) is 0 Å². The zero-order valence-corrected chi connectivity index (χ0v) is 10.7. The number of rotatable bonds is 6. The number of carbonyl (C=O) groups is 2. The van der Waals surface area contributed by atoms with Crippen molar-refractivity contribution in [3.8, 4) is 0 Å². The Bertz CT molecular complexity index is 436. The van der Waals surface area contributed by atoms with Gasteiger partial charge in [-0.25, -0.2) is 4.79 Å². The second-order valence-electron chi connectivity index (χ2n) is 4.31. The van der Waals surface area contributed by atoms with Crippen LogP contribution in [0.15, 0.2) is 24.4 Å². The van der Waals surface area contributed by atoms with Crippen molar-refractivity contribution in [2.24, 2.45) is 0 Å². The Hall–Kier alpha value is -2.11. The van der Waals surface area contributed by atoms with Gasteiger partial charge in [0.25, 0.3) is 0 Å². The molecule has 0 aromatic carbocycles. The van der Waals surface area contributed by atoms with Crippen LogP contribution in [0.2, 0.25) is 0 Å². The van der Waals surface area contributed by atoms with E-state index in [1.807, 2.05) is 18.2 Å². The van der Waals surface area contributed by atoms with Gasteiger partial charge in [-0.2, -0.15) is 0 Å². The van der Waals surface area contributed by atoms with Crippen LogP contribution in [0.3, 0.4) is 0 Å². The maximum absolute atomic E-state index is 11.6. The van der Waals surface area contributed by atoms with Crippen molar-refractivity contribution in [3.05, 3.63) is 30.1 Å².